The average molecular weight is 305 g/mol. The van der Waals surface area contributed by atoms with Crippen LogP contribution in [0, 0.1) is 0 Å². The molecule has 0 spiro atoms. The molecule has 0 aliphatic carbocycles. The van der Waals surface area contributed by atoms with E-state index in [1.165, 1.54) is 16.7 Å². The van der Waals surface area contributed by atoms with Gasteiger partial charge >= 0.3 is 0 Å². The molecule has 1 fully saturated rings. The second kappa shape index (κ2) is 6.65. The Hall–Kier alpha value is -1.97. The molecule has 2 heterocycles. The summed E-state index contributed by atoms with van der Waals surface area (Å²) in [7, 11) is 0. The largest absolute Gasteiger partial charge is 0.314 e. The fraction of sp³-hybridized carbons (Fsp3) is 0.350. The molecule has 0 aromatic heterocycles. The third-order valence-electron chi connectivity index (χ3n) is 4.94. The molecule has 0 saturated carbocycles. The molecule has 3 nitrogen and oxygen atoms in total. The first-order valence-electron chi connectivity index (χ1n) is 8.55. The van der Waals surface area contributed by atoms with Crippen molar-refractivity contribution >= 4 is 11.9 Å². The summed E-state index contributed by atoms with van der Waals surface area (Å²) >= 11 is 0. The molecule has 1 unspecified atom stereocenters. The Kier molecular flexibility index (Phi) is 4.22. The fourth-order valence-electron chi connectivity index (χ4n) is 3.75. The lowest BCUT2D eigenvalue weighted by molar-refractivity contribution is 0.172. The second-order valence-electron chi connectivity index (χ2n) is 6.35. The van der Waals surface area contributed by atoms with Gasteiger partial charge in [-0.15, -0.1) is 0 Å². The summed E-state index contributed by atoms with van der Waals surface area (Å²) in [5, 5.41) is 3.47. The number of piperazine rings is 1. The van der Waals surface area contributed by atoms with E-state index in [0.29, 0.717) is 6.04 Å². The van der Waals surface area contributed by atoms with Crippen molar-refractivity contribution in [1.29, 1.82) is 0 Å². The van der Waals surface area contributed by atoms with Crippen molar-refractivity contribution in [1.82, 2.24) is 10.2 Å². The lowest BCUT2D eigenvalue weighted by Crippen LogP contribution is -2.45. The Balaban J connectivity index is 1.69. The Labute approximate surface area is 138 Å². The highest BCUT2D eigenvalue weighted by atomic mass is 15.2. The van der Waals surface area contributed by atoms with Crippen LogP contribution in [0.4, 0.5) is 5.69 Å². The SMILES string of the molecule is C1=Nc2cccc(C(Cc3ccccc3)N3CCNCC3)c2C1. The molecule has 0 bridgehead atoms. The van der Waals surface area contributed by atoms with Crippen LogP contribution in [-0.4, -0.2) is 37.3 Å². The minimum absolute atomic E-state index is 0.441. The molecule has 2 aromatic carbocycles. The van der Waals surface area contributed by atoms with Gasteiger partial charge in [0.1, 0.15) is 0 Å². The number of nitrogens with one attached hydrogen (secondary N) is 1. The maximum atomic E-state index is 4.54. The van der Waals surface area contributed by atoms with Gasteiger partial charge in [-0.2, -0.15) is 0 Å². The van der Waals surface area contributed by atoms with Crippen LogP contribution in [0.3, 0.4) is 0 Å². The quantitative estimate of drug-likeness (QED) is 0.940. The van der Waals surface area contributed by atoms with E-state index < -0.39 is 0 Å². The lowest BCUT2D eigenvalue weighted by Gasteiger charge is -2.36. The van der Waals surface area contributed by atoms with E-state index >= 15 is 0 Å². The number of nitrogens with zero attached hydrogens (tertiary/aromatic N) is 2. The first kappa shape index (κ1) is 14.6. The van der Waals surface area contributed by atoms with Crippen LogP contribution in [0.15, 0.2) is 53.5 Å². The van der Waals surface area contributed by atoms with E-state index in [2.05, 4.69) is 63.7 Å². The van der Waals surface area contributed by atoms with Crippen LogP contribution in [0.5, 0.6) is 0 Å². The number of fused-ring (bicyclic) bond motifs is 1. The van der Waals surface area contributed by atoms with Gasteiger partial charge in [-0.1, -0.05) is 42.5 Å². The van der Waals surface area contributed by atoms with E-state index in [1.54, 1.807) is 0 Å². The van der Waals surface area contributed by atoms with E-state index in [1.807, 2.05) is 6.21 Å². The zero-order chi connectivity index (χ0) is 15.5. The Bertz CT molecular complexity index is 687. The van der Waals surface area contributed by atoms with Crippen molar-refractivity contribution in [3.63, 3.8) is 0 Å². The molecule has 3 heteroatoms. The Morgan fingerprint density at radius 2 is 1.83 bits per heavy atom. The van der Waals surface area contributed by atoms with Gasteiger partial charge in [0.05, 0.1) is 5.69 Å². The van der Waals surface area contributed by atoms with Crippen molar-refractivity contribution in [2.24, 2.45) is 4.99 Å². The van der Waals surface area contributed by atoms with Gasteiger partial charge in [0.25, 0.3) is 0 Å². The number of benzene rings is 2. The predicted molar refractivity (Wildman–Crippen MR) is 95.6 cm³/mol. The molecular weight excluding hydrogens is 282 g/mol. The fourth-order valence-corrected chi connectivity index (χ4v) is 3.75. The molecule has 0 amide bonds. The van der Waals surface area contributed by atoms with E-state index in [4.69, 9.17) is 0 Å². The zero-order valence-corrected chi connectivity index (χ0v) is 13.4. The molecule has 2 aliphatic heterocycles. The summed E-state index contributed by atoms with van der Waals surface area (Å²) in [6.07, 6.45) is 4.09. The van der Waals surface area contributed by atoms with Gasteiger partial charge in [-0.25, -0.2) is 0 Å². The van der Waals surface area contributed by atoms with Gasteiger partial charge in [-0.3, -0.25) is 9.89 Å². The van der Waals surface area contributed by atoms with Gasteiger partial charge in [0, 0.05) is 44.9 Å². The van der Waals surface area contributed by atoms with Gasteiger partial charge in [0.2, 0.25) is 0 Å². The highest BCUT2D eigenvalue weighted by Gasteiger charge is 2.26. The molecule has 118 valence electrons. The van der Waals surface area contributed by atoms with Crippen molar-refractivity contribution in [3.8, 4) is 0 Å². The molecule has 2 aliphatic rings. The molecule has 1 N–H and O–H groups in total. The lowest BCUT2D eigenvalue weighted by atomic mass is 9.91. The van der Waals surface area contributed by atoms with Gasteiger partial charge < -0.3 is 5.32 Å². The average Bonchev–Trinajstić information content (AvgIpc) is 3.10. The molecular formula is C20H23N3. The maximum absolute atomic E-state index is 4.54. The Morgan fingerprint density at radius 1 is 1.00 bits per heavy atom. The Morgan fingerprint density at radius 3 is 2.65 bits per heavy atom. The normalized spacial score (nSPS) is 18.8. The topological polar surface area (TPSA) is 27.6 Å². The number of aliphatic imine (C=N–C) groups is 1. The maximum Gasteiger partial charge on any atom is 0.0664 e. The van der Waals surface area contributed by atoms with Crippen LogP contribution in [0.1, 0.15) is 22.7 Å². The molecule has 1 atom stereocenters. The highest BCUT2D eigenvalue weighted by molar-refractivity contribution is 5.77. The number of rotatable bonds is 4. The van der Waals surface area contributed by atoms with Crippen LogP contribution in [0.25, 0.3) is 0 Å². The number of hydrogen-bond acceptors (Lipinski definition) is 3. The third-order valence-corrected chi connectivity index (χ3v) is 4.94. The smallest absolute Gasteiger partial charge is 0.0664 e. The summed E-state index contributed by atoms with van der Waals surface area (Å²) in [6, 6.07) is 17.9. The summed E-state index contributed by atoms with van der Waals surface area (Å²) in [5.74, 6) is 0. The first-order valence-corrected chi connectivity index (χ1v) is 8.55. The zero-order valence-electron chi connectivity index (χ0n) is 13.4. The van der Waals surface area contributed by atoms with Crippen molar-refractivity contribution in [3.05, 3.63) is 65.2 Å². The van der Waals surface area contributed by atoms with Gasteiger partial charge in [0.15, 0.2) is 0 Å². The summed E-state index contributed by atoms with van der Waals surface area (Å²) < 4.78 is 0. The summed E-state index contributed by atoms with van der Waals surface area (Å²) in [5.41, 5.74) is 5.46. The van der Waals surface area contributed by atoms with Crippen molar-refractivity contribution < 1.29 is 0 Å². The third kappa shape index (κ3) is 3.07. The molecule has 1 saturated heterocycles. The monoisotopic (exact) mass is 305 g/mol. The minimum atomic E-state index is 0.441. The number of hydrogen-bond donors (Lipinski definition) is 1. The molecule has 4 rings (SSSR count). The summed E-state index contributed by atoms with van der Waals surface area (Å²) in [6.45, 7) is 4.39. The standard InChI is InChI=1S/C20H23N3/c1-2-5-16(6-3-1)15-20(23-13-11-21-12-14-23)18-7-4-8-19-17(18)9-10-22-19/h1-8,10,20-21H,9,11-15H2. The van der Waals surface area contributed by atoms with Crippen LogP contribution in [-0.2, 0) is 12.8 Å². The van der Waals surface area contributed by atoms with Crippen molar-refractivity contribution in [2.75, 3.05) is 26.2 Å². The first-order chi connectivity index (χ1) is 11.4. The minimum Gasteiger partial charge on any atom is -0.314 e. The van der Waals surface area contributed by atoms with Crippen LogP contribution < -0.4 is 5.32 Å². The second-order valence-corrected chi connectivity index (χ2v) is 6.35. The highest BCUT2D eigenvalue weighted by Crippen LogP contribution is 2.35. The summed E-state index contributed by atoms with van der Waals surface area (Å²) in [4.78, 5) is 7.17. The van der Waals surface area contributed by atoms with Crippen LogP contribution in [0.2, 0.25) is 0 Å². The van der Waals surface area contributed by atoms with Crippen LogP contribution >= 0.6 is 0 Å². The van der Waals surface area contributed by atoms with E-state index in [0.717, 1.165) is 44.7 Å². The van der Waals surface area contributed by atoms with Crippen molar-refractivity contribution in [2.45, 2.75) is 18.9 Å². The van der Waals surface area contributed by atoms with Gasteiger partial charge in [-0.05, 0) is 29.2 Å². The molecule has 2 aromatic rings. The van der Waals surface area contributed by atoms with E-state index in [9.17, 15) is 0 Å². The predicted octanol–water partition coefficient (Wildman–Crippen LogP) is 3.13. The molecule has 23 heavy (non-hydrogen) atoms. The molecule has 0 radical (unpaired) electrons. The van der Waals surface area contributed by atoms with E-state index in [-0.39, 0.29) is 0 Å².